The highest BCUT2D eigenvalue weighted by Gasteiger charge is 2.06. The molecule has 0 aliphatic carbocycles. The van der Waals surface area contributed by atoms with Crippen LogP contribution in [-0.2, 0) is 13.0 Å². The number of rotatable bonds is 8. The SMILES string of the molecule is CN=C(NCCCc1cn(-c2ccccc2)nc1C)NCc1ccc(OC)cc1.I. The maximum absolute atomic E-state index is 5.19. The van der Waals surface area contributed by atoms with Crippen LogP contribution in [0.3, 0.4) is 0 Å². The van der Waals surface area contributed by atoms with E-state index in [9.17, 15) is 0 Å². The van der Waals surface area contributed by atoms with Crippen LogP contribution in [0.15, 0.2) is 65.8 Å². The van der Waals surface area contributed by atoms with Crippen LogP contribution >= 0.6 is 24.0 Å². The number of guanidine groups is 1. The number of aliphatic imine (C=N–C) groups is 1. The molecule has 6 nitrogen and oxygen atoms in total. The van der Waals surface area contributed by atoms with Crippen molar-refractivity contribution in [3.63, 3.8) is 0 Å². The average Bonchev–Trinajstić information content (AvgIpc) is 3.14. The average molecular weight is 519 g/mol. The number of hydrogen-bond acceptors (Lipinski definition) is 3. The molecular formula is C23H30IN5O. The largest absolute Gasteiger partial charge is 0.497 e. The van der Waals surface area contributed by atoms with Gasteiger partial charge < -0.3 is 15.4 Å². The highest BCUT2D eigenvalue weighted by molar-refractivity contribution is 14.0. The molecule has 1 heterocycles. The van der Waals surface area contributed by atoms with E-state index in [2.05, 4.69) is 46.0 Å². The summed E-state index contributed by atoms with van der Waals surface area (Å²) in [5, 5.41) is 11.4. The molecule has 30 heavy (non-hydrogen) atoms. The summed E-state index contributed by atoms with van der Waals surface area (Å²) in [6.07, 6.45) is 4.10. The fourth-order valence-corrected chi connectivity index (χ4v) is 3.09. The van der Waals surface area contributed by atoms with Gasteiger partial charge in [0, 0.05) is 26.3 Å². The molecule has 0 saturated heterocycles. The first-order valence-electron chi connectivity index (χ1n) is 9.87. The van der Waals surface area contributed by atoms with Crippen molar-refractivity contribution in [2.45, 2.75) is 26.3 Å². The van der Waals surface area contributed by atoms with Gasteiger partial charge in [0.15, 0.2) is 5.96 Å². The van der Waals surface area contributed by atoms with Gasteiger partial charge in [-0.3, -0.25) is 4.99 Å². The van der Waals surface area contributed by atoms with Crippen molar-refractivity contribution in [3.05, 3.63) is 77.6 Å². The van der Waals surface area contributed by atoms with Crippen molar-refractivity contribution in [2.75, 3.05) is 20.7 Å². The van der Waals surface area contributed by atoms with Crippen LogP contribution in [0.1, 0.15) is 23.2 Å². The molecule has 0 spiro atoms. The molecule has 0 fully saturated rings. The van der Waals surface area contributed by atoms with Gasteiger partial charge in [-0.25, -0.2) is 4.68 Å². The minimum atomic E-state index is 0. The Morgan fingerprint density at radius 1 is 1.07 bits per heavy atom. The Kier molecular flexibility index (Phi) is 9.66. The standard InChI is InChI=1S/C23H29N5O.HI/c1-18-20(17-28(27-18)21-9-5-4-6-10-21)8-7-15-25-23(24-2)26-16-19-11-13-22(29-3)14-12-19;/h4-6,9-14,17H,7-8,15-16H2,1-3H3,(H2,24,25,26);1H. The lowest BCUT2D eigenvalue weighted by Gasteiger charge is -2.12. The molecular weight excluding hydrogens is 489 g/mol. The maximum Gasteiger partial charge on any atom is 0.191 e. The number of methoxy groups -OCH3 is 1. The third-order valence-corrected chi connectivity index (χ3v) is 4.78. The number of para-hydroxylation sites is 1. The van der Waals surface area contributed by atoms with Crippen molar-refractivity contribution in [1.29, 1.82) is 0 Å². The van der Waals surface area contributed by atoms with Gasteiger partial charge in [-0.1, -0.05) is 30.3 Å². The molecule has 0 aliphatic rings. The number of hydrogen-bond donors (Lipinski definition) is 2. The highest BCUT2D eigenvalue weighted by Crippen LogP contribution is 2.13. The molecule has 1 aromatic heterocycles. The third kappa shape index (κ3) is 6.76. The van der Waals surface area contributed by atoms with E-state index in [-0.39, 0.29) is 24.0 Å². The Balaban J connectivity index is 0.00000320. The monoisotopic (exact) mass is 519 g/mol. The van der Waals surface area contributed by atoms with Crippen molar-refractivity contribution in [2.24, 2.45) is 4.99 Å². The number of aryl methyl sites for hydroxylation is 2. The lowest BCUT2D eigenvalue weighted by Crippen LogP contribution is -2.37. The second-order valence-electron chi connectivity index (χ2n) is 6.82. The van der Waals surface area contributed by atoms with Gasteiger partial charge in [-0.15, -0.1) is 24.0 Å². The molecule has 2 N–H and O–H groups in total. The van der Waals surface area contributed by atoms with Crippen LogP contribution in [0.4, 0.5) is 0 Å². The van der Waals surface area contributed by atoms with Gasteiger partial charge >= 0.3 is 0 Å². The molecule has 0 aliphatic heterocycles. The van der Waals surface area contributed by atoms with Crippen LogP contribution in [0.5, 0.6) is 5.75 Å². The van der Waals surface area contributed by atoms with E-state index in [1.54, 1.807) is 14.2 Å². The third-order valence-electron chi connectivity index (χ3n) is 4.78. The van der Waals surface area contributed by atoms with E-state index in [4.69, 9.17) is 4.74 Å². The Morgan fingerprint density at radius 3 is 2.47 bits per heavy atom. The molecule has 2 aromatic carbocycles. The summed E-state index contributed by atoms with van der Waals surface area (Å²) < 4.78 is 7.14. The van der Waals surface area contributed by atoms with Crippen molar-refractivity contribution >= 4 is 29.9 Å². The number of nitrogens with one attached hydrogen (secondary N) is 2. The molecule has 0 unspecified atom stereocenters. The van der Waals surface area contributed by atoms with Crippen LogP contribution in [0, 0.1) is 6.92 Å². The molecule has 0 amide bonds. The summed E-state index contributed by atoms with van der Waals surface area (Å²) in [6, 6.07) is 18.2. The van der Waals surface area contributed by atoms with Crippen molar-refractivity contribution < 1.29 is 4.74 Å². The topological polar surface area (TPSA) is 63.5 Å². The zero-order chi connectivity index (χ0) is 20.5. The Bertz CT molecular complexity index is 923. The molecule has 3 rings (SSSR count). The molecule has 0 saturated carbocycles. The second-order valence-corrected chi connectivity index (χ2v) is 6.82. The zero-order valence-corrected chi connectivity index (χ0v) is 20.1. The summed E-state index contributed by atoms with van der Waals surface area (Å²) in [4.78, 5) is 4.30. The predicted octanol–water partition coefficient (Wildman–Crippen LogP) is 4.11. The summed E-state index contributed by atoms with van der Waals surface area (Å²) in [6.45, 7) is 3.63. The van der Waals surface area contributed by atoms with Gasteiger partial charge in [0.05, 0.1) is 18.5 Å². The normalized spacial score (nSPS) is 11.0. The van der Waals surface area contributed by atoms with Crippen molar-refractivity contribution in [1.82, 2.24) is 20.4 Å². The number of nitrogens with zero attached hydrogens (tertiary/aromatic N) is 3. The fraction of sp³-hybridized carbons (Fsp3) is 0.304. The number of ether oxygens (including phenoxy) is 1. The first-order valence-corrected chi connectivity index (χ1v) is 9.87. The van der Waals surface area contributed by atoms with Gasteiger partial charge in [-0.2, -0.15) is 5.10 Å². The van der Waals surface area contributed by atoms with Crippen LogP contribution in [0.25, 0.3) is 5.69 Å². The van der Waals surface area contributed by atoms with Crippen LogP contribution < -0.4 is 15.4 Å². The van der Waals surface area contributed by atoms with Gasteiger partial charge in [0.2, 0.25) is 0 Å². The van der Waals surface area contributed by atoms with E-state index < -0.39 is 0 Å². The van der Waals surface area contributed by atoms with Crippen molar-refractivity contribution in [3.8, 4) is 11.4 Å². The minimum absolute atomic E-state index is 0. The van der Waals surface area contributed by atoms with E-state index in [0.29, 0.717) is 6.54 Å². The lowest BCUT2D eigenvalue weighted by atomic mass is 10.1. The molecule has 0 bridgehead atoms. The van der Waals surface area contributed by atoms with Gasteiger partial charge in [0.25, 0.3) is 0 Å². The van der Waals surface area contributed by atoms with E-state index in [0.717, 1.165) is 42.5 Å². The number of aromatic nitrogens is 2. The quantitative estimate of drug-likeness (QED) is 0.204. The first-order chi connectivity index (χ1) is 14.2. The Morgan fingerprint density at radius 2 is 1.80 bits per heavy atom. The smallest absolute Gasteiger partial charge is 0.191 e. The fourth-order valence-electron chi connectivity index (χ4n) is 3.09. The van der Waals surface area contributed by atoms with Gasteiger partial charge in [-0.05, 0) is 55.2 Å². The van der Waals surface area contributed by atoms with E-state index >= 15 is 0 Å². The van der Waals surface area contributed by atoms with Crippen LogP contribution in [-0.4, -0.2) is 36.4 Å². The first kappa shape index (κ1) is 23.7. The zero-order valence-electron chi connectivity index (χ0n) is 17.8. The number of halogens is 1. The van der Waals surface area contributed by atoms with Crippen LogP contribution in [0.2, 0.25) is 0 Å². The summed E-state index contributed by atoms with van der Waals surface area (Å²) >= 11 is 0. The van der Waals surface area contributed by atoms with Gasteiger partial charge in [0.1, 0.15) is 5.75 Å². The molecule has 0 radical (unpaired) electrons. The van der Waals surface area contributed by atoms with E-state index in [1.807, 2.05) is 47.1 Å². The molecule has 0 atom stereocenters. The van der Waals surface area contributed by atoms with E-state index in [1.165, 1.54) is 11.1 Å². The summed E-state index contributed by atoms with van der Waals surface area (Å²) in [5.74, 6) is 1.67. The Hall–Kier alpha value is -2.55. The molecule has 160 valence electrons. The molecule has 7 heteroatoms. The second kappa shape index (κ2) is 12.2. The molecule has 3 aromatic rings. The summed E-state index contributed by atoms with van der Waals surface area (Å²) in [7, 11) is 3.46. The predicted molar refractivity (Wildman–Crippen MR) is 133 cm³/mol. The number of benzene rings is 2. The highest BCUT2D eigenvalue weighted by atomic mass is 127. The summed E-state index contributed by atoms with van der Waals surface area (Å²) in [5.41, 5.74) is 4.62. The minimum Gasteiger partial charge on any atom is -0.497 e. The maximum atomic E-state index is 5.19. The lowest BCUT2D eigenvalue weighted by molar-refractivity contribution is 0.414. The Labute approximate surface area is 195 Å².